The number of aromatic nitrogens is 4. The number of amides is 1. The molecular formula is C13H15N5O3. The van der Waals surface area contributed by atoms with Crippen LogP contribution < -0.4 is 4.90 Å². The molecule has 110 valence electrons. The monoisotopic (exact) mass is 289 g/mol. The van der Waals surface area contributed by atoms with Crippen LogP contribution in [0.25, 0.3) is 0 Å². The molecule has 0 aliphatic rings. The molecule has 2 aromatic rings. The smallest absolute Gasteiger partial charge is 0.305 e. The highest BCUT2D eigenvalue weighted by molar-refractivity contribution is 5.94. The molecule has 1 aromatic carbocycles. The average Bonchev–Trinajstić information content (AvgIpc) is 2.93. The van der Waals surface area contributed by atoms with Crippen LogP contribution in [0.4, 0.5) is 5.69 Å². The number of carboxylic acid groups (broad SMARTS) is 1. The van der Waals surface area contributed by atoms with Crippen LogP contribution in [0.5, 0.6) is 0 Å². The number of hydrogen-bond donors (Lipinski definition) is 1. The van der Waals surface area contributed by atoms with Crippen molar-refractivity contribution in [3.8, 4) is 0 Å². The summed E-state index contributed by atoms with van der Waals surface area (Å²) < 4.78 is 1.30. The van der Waals surface area contributed by atoms with Crippen molar-refractivity contribution in [2.24, 2.45) is 0 Å². The van der Waals surface area contributed by atoms with E-state index in [0.717, 1.165) is 5.56 Å². The summed E-state index contributed by atoms with van der Waals surface area (Å²) >= 11 is 0. The van der Waals surface area contributed by atoms with Crippen LogP contribution in [0.15, 0.2) is 30.6 Å². The molecule has 8 nitrogen and oxygen atoms in total. The third-order valence-corrected chi connectivity index (χ3v) is 2.95. The largest absolute Gasteiger partial charge is 0.481 e. The van der Waals surface area contributed by atoms with Crippen molar-refractivity contribution in [2.45, 2.75) is 19.9 Å². The Kier molecular flexibility index (Phi) is 4.60. The van der Waals surface area contributed by atoms with E-state index in [-0.39, 0.29) is 25.4 Å². The van der Waals surface area contributed by atoms with Gasteiger partial charge in [-0.3, -0.25) is 9.59 Å². The summed E-state index contributed by atoms with van der Waals surface area (Å²) in [5.74, 6) is -1.22. The molecule has 0 bridgehead atoms. The second-order valence-electron chi connectivity index (χ2n) is 4.48. The van der Waals surface area contributed by atoms with Gasteiger partial charge in [-0.25, -0.2) is 4.68 Å². The van der Waals surface area contributed by atoms with Crippen molar-refractivity contribution in [2.75, 3.05) is 11.4 Å². The van der Waals surface area contributed by atoms with Gasteiger partial charge in [-0.2, -0.15) is 0 Å². The Labute approximate surface area is 121 Å². The number of aliphatic carboxylic acids is 1. The van der Waals surface area contributed by atoms with Crippen molar-refractivity contribution in [3.63, 3.8) is 0 Å². The Morgan fingerprint density at radius 3 is 2.71 bits per heavy atom. The summed E-state index contributed by atoms with van der Waals surface area (Å²) in [5.41, 5.74) is 1.59. The van der Waals surface area contributed by atoms with Crippen LogP contribution in [0.2, 0.25) is 0 Å². The fourth-order valence-corrected chi connectivity index (χ4v) is 1.93. The van der Waals surface area contributed by atoms with Gasteiger partial charge in [-0.15, -0.1) is 5.10 Å². The van der Waals surface area contributed by atoms with Crippen LogP contribution in [0, 0.1) is 6.92 Å². The first-order chi connectivity index (χ1) is 10.1. The van der Waals surface area contributed by atoms with Gasteiger partial charge in [0, 0.05) is 12.2 Å². The maximum absolute atomic E-state index is 12.4. The molecule has 1 aromatic heterocycles. The molecule has 0 atom stereocenters. The number of aryl methyl sites for hydroxylation is 1. The minimum atomic E-state index is -0.955. The Hall–Kier alpha value is -2.77. The van der Waals surface area contributed by atoms with E-state index in [1.165, 1.54) is 15.9 Å². The second kappa shape index (κ2) is 6.60. The van der Waals surface area contributed by atoms with Crippen LogP contribution in [0.3, 0.4) is 0 Å². The number of tetrazole rings is 1. The van der Waals surface area contributed by atoms with Crippen LogP contribution in [-0.2, 0) is 16.1 Å². The van der Waals surface area contributed by atoms with Crippen LogP contribution in [-0.4, -0.2) is 43.7 Å². The molecule has 0 unspecified atom stereocenters. The first kappa shape index (κ1) is 14.6. The third kappa shape index (κ3) is 3.85. The number of carbonyl (C=O) groups is 2. The predicted octanol–water partition coefficient (Wildman–Crippen LogP) is 0.489. The van der Waals surface area contributed by atoms with Gasteiger partial charge in [0.05, 0.1) is 6.42 Å². The number of carbonyl (C=O) groups excluding carboxylic acids is 1. The van der Waals surface area contributed by atoms with Gasteiger partial charge in [-0.1, -0.05) is 18.2 Å². The maximum atomic E-state index is 12.4. The first-order valence-corrected chi connectivity index (χ1v) is 6.36. The summed E-state index contributed by atoms with van der Waals surface area (Å²) in [6, 6.07) is 7.32. The molecule has 0 aliphatic heterocycles. The minimum Gasteiger partial charge on any atom is -0.481 e. The quantitative estimate of drug-likeness (QED) is 0.830. The molecular weight excluding hydrogens is 274 g/mol. The fourth-order valence-electron chi connectivity index (χ4n) is 1.93. The molecule has 1 N–H and O–H groups in total. The van der Waals surface area contributed by atoms with E-state index in [9.17, 15) is 9.59 Å². The predicted molar refractivity (Wildman–Crippen MR) is 73.6 cm³/mol. The van der Waals surface area contributed by atoms with E-state index in [1.54, 1.807) is 12.1 Å². The average molecular weight is 289 g/mol. The number of para-hydroxylation sites is 1. The SMILES string of the molecule is Cc1ccccc1N(CCC(=O)O)C(=O)Cn1cnnn1. The zero-order chi connectivity index (χ0) is 15.2. The van der Waals surface area contributed by atoms with Crippen molar-refractivity contribution in [1.29, 1.82) is 0 Å². The summed E-state index contributed by atoms with van der Waals surface area (Å²) in [6.07, 6.45) is 1.21. The minimum absolute atomic E-state index is 0.0407. The lowest BCUT2D eigenvalue weighted by Gasteiger charge is -2.23. The number of anilines is 1. The van der Waals surface area contributed by atoms with Gasteiger partial charge in [0.25, 0.3) is 0 Å². The van der Waals surface area contributed by atoms with Crippen molar-refractivity contribution in [3.05, 3.63) is 36.2 Å². The van der Waals surface area contributed by atoms with Gasteiger partial charge in [-0.05, 0) is 29.0 Å². The van der Waals surface area contributed by atoms with Crippen molar-refractivity contribution < 1.29 is 14.7 Å². The van der Waals surface area contributed by atoms with Gasteiger partial charge in [0.15, 0.2) is 0 Å². The van der Waals surface area contributed by atoms with Gasteiger partial charge in [0.1, 0.15) is 12.9 Å². The number of benzene rings is 1. The number of carboxylic acids is 1. The summed E-state index contributed by atoms with van der Waals surface area (Å²) in [4.78, 5) is 24.6. The lowest BCUT2D eigenvalue weighted by atomic mass is 10.1. The Balaban J connectivity index is 2.21. The van der Waals surface area contributed by atoms with E-state index < -0.39 is 5.97 Å². The summed E-state index contributed by atoms with van der Waals surface area (Å²) in [7, 11) is 0. The van der Waals surface area contributed by atoms with E-state index in [2.05, 4.69) is 15.5 Å². The third-order valence-electron chi connectivity index (χ3n) is 2.95. The zero-order valence-corrected chi connectivity index (χ0v) is 11.5. The molecule has 0 saturated carbocycles. The van der Waals surface area contributed by atoms with E-state index in [4.69, 9.17) is 5.11 Å². The summed E-state index contributed by atoms with van der Waals surface area (Å²) in [5, 5.41) is 19.4. The molecule has 0 saturated heterocycles. The number of rotatable bonds is 6. The molecule has 8 heteroatoms. The molecule has 0 fully saturated rings. The number of hydrogen-bond acceptors (Lipinski definition) is 5. The van der Waals surface area contributed by atoms with Gasteiger partial charge < -0.3 is 10.0 Å². The lowest BCUT2D eigenvalue weighted by molar-refractivity contribution is -0.136. The molecule has 0 radical (unpaired) electrons. The maximum Gasteiger partial charge on any atom is 0.305 e. The summed E-state index contributed by atoms with van der Waals surface area (Å²) in [6.45, 7) is 1.93. The highest BCUT2D eigenvalue weighted by Crippen LogP contribution is 2.20. The first-order valence-electron chi connectivity index (χ1n) is 6.36. The van der Waals surface area contributed by atoms with Crippen LogP contribution in [0.1, 0.15) is 12.0 Å². The molecule has 2 rings (SSSR count). The van der Waals surface area contributed by atoms with Crippen LogP contribution >= 0.6 is 0 Å². The van der Waals surface area contributed by atoms with Gasteiger partial charge in [0.2, 0.25) is 5.91 Å². The molecule has 0 spiro atoms. The Morgan fingerprint density at radius 2 is 2.10 bits per heavy atom. The zero-order valence-electron chi connectivity index (χ0n) is 11.5. The highest BCUT2D eigenvalue weighted by Gasteiger charge is 2.19. The highest BCUT2D eigenvalue weighted by atomic mass is 16.4. The van der Waals surface area contributed by atoms with Crippen molar-refractivity contribution in [1.82, 2.24) is 20.2 Å². The lowest BCUT2D eigenvalue weighted by Crippen LogP contribution is -2.36. The molecule has 1 amide bonds. The Bertz CT molecular complexity index is 626. The fraction of sp³-hybridized carbons (Fsp3) is 0.308. The second-order valence-corrected chi connectivity index (χ2v) is 4.48. The standard InChI is InChI=1S/C13H15N5O3/c1-10-4-2-3-5-11(10)18(7-6-13(20)21)12(19)8-17-9-14-15-16-17/h2-5,9H,6-8H2,1H3,(H,20,21). The van der Waals surface area contributed by atoms with E-state index in [0.29, 0.717) is 5.69 Å². The Morgan fingerprint density at radius 1 is 1.33 bits per heavy atom. The topological polar surface area (TPSA) is 101 Å². The number of nitrogens with zero attached hydrogens (tertiary/aromatic N) is 5. The normalized spacial score (nSPS) is 10.3. The van der Waals surface area contributed by atoms with E-state index in [1.807, 2.05) is 19.1 Å². The molecule has 21 heavy (non-hydrogen) atoms. The molecule has 1 heterocycles. The van der Waals surface area contributed by atoms with Gasteiger partial charge >= 0.3 is 5.97 Å². The van der Waals surface area contributed by atoms with E-state index >= 15 is 0 Å². The molecule has 0 aliphatic carbocycles. The van der Waals surface area contributed by atoms with Crippen molar-refractivity contribution >= 4 is 17.6 Å².